The van der Waals surface area contributed by atoms with Gasteiger partial charge in [-0.05, 0) is 44.5 Å². The van der Waals surface area contributed by atoms with E-state index in [-0.39, 0.29) is 11.9 Å². The lowest BCUT2D eigenvalue weighted by molar-refractivity contribution is 0.588. The molecule has 0 saturated heterocycles. The van der Waals surface area contributed by atoms with Gasteiger partial charge in [-0.2, -0.15) is 0 Å². The molecule has 2 rings (SSSR count). The first kappa shape index (κ1) is 15.6. The molecular formula is C15H18BrFN2S. The van der Waals surface area contributed by atoms with E-state index in [0.717, 1.165) is 33.7 Å². The van der Waals surface area contributed by atoms with E-state index in [1.807, 2.05) is 13.0 Å². The molecule has 0 aliphatic carbocycles. The number of aryl methyl sites for hydroxylation is 2. The molecule has 0 aliphatic rings. The first-order chi connectivity index (χ1) is 9.52. The zero-order valence-electron chi connectivity index (χ0n) is 11.8. The maximum Gasteiger partial charge on any atom is 0.124 e. The zero-order chi connectivity index (χ0) is 14.7. The van der Waals surface area contributed by atoms with Gasteiger partial charge in [0.25, 0.3) is 0 Å². The zero-order valence-corrected chi connectivity index (χ0v) is 14.2. The van der Waals surface area contributed by atoms with Crippen LogP contribution < -0.4 is 5.32 Å². The summed E-state index contributed by atoms with van der Waals surface area (Å²) in [5, 5.41) is 4.53. The lowest BCUT2D eigenvalue weighted by Gasteiger charge is -2.18. The highest BCUT2D eigenvalue weighted by molar-refractivity contribution is 9.10. The summed E-state index contributed by atoms with van der Waals surface area (Å²) in [5.41, 5.74) is 2.08. The number of benzene rings is 1. The molecule has 0 aliphatic heterocycles. The Labute approximate surface area is 131 Å². The van der Waals surface area contributed by atoms with Crippen molar-refractivity contribution in [3.05, 3.63) is 49.6 Å². The number of halogens is 2. The molecule has 1 aromatic heterocycles. The quantitative estimate of drug-likeness (QED) is 0.835. The van der Waals surface area contributed by atoms with Crippen LogP contribution in [0, 0.1) is 19.7 Å². The van der Waals surface area contributed by atoms with Crippen molar-refractivity contribution >= 4 is 27.3 Å². The van der Waals surface area contributed by atoms with E-state index in [2.05, 4.69) is 40.1 Å². The Kier molecular flexibility index (Phi) is 5.29. The van der Waals surface area contributed by atoms with Gasteiger partial charge < -0.3 is 5.32 Å². The maximum absolute atomic E-state index is 13.3. The molecule has 1 unspecified atom stereocenters. The monoisotopic (exact) mass is 356 g/mol. The largest absolute Gasteiger partial charge is 0.304 e. The first-order valence-corrected chi connectivity index (χ1v) is 8.26. The van der Waals surface area contributed by atoms with Crippen LogP contribution in [0.2, 0.25) is 0 Å². The summed E-state index contributed by atoms with van der Waals surface area (Å²) < 4.78 is 14.0. The van der Waals surface area contributed by atoms with Crippen molar-refractivity contribution in [1.29, 1.82) is 0 Å². The minimum atomic E-state index is -0.235. The number of thiazole rings is 1. The van der Waals surface area contributed by atoms with Crippen LogP contribution in [0.25, 0.3) is 0 Å². The van der Waals surface area contributed by atoms with Crippen molar-refractivity contribution in [2.75, 3.05) is 6.54 Å². The summed E-state index contributed by atoms with van der Waals surface area (Å²) in [4.78, 5) is 5.87. The van der Waals surface area contributed by atoms with Gasteiger partial charge in [0.2, 0.25) is 0 Å². The molecule has 2 aromatic rings. The van der Waals surface area contributed by atoms with Crippen LogP contribution in [0.4, 0.5) is 4.39 Å². The summed E-state index contributed by atoms with van der Waals surface area (Å²) in [6, 6.07) is 4.82. The normalized spacial score (nSPS) is 12.7. The topological polar surface area (TPSA) is 24.9 Å². The van der Waals surface area contributed by atoms with Crippen molar-refractivity contribution < 1.29 is 4.39 Å². The van der Waals surface area contributed by atoms with Gasteiger partial charge in [0, 0.05) is 9.35 Å². The fourth-order valence-corrected chi connectivity index (χ4v) is 3.57. The number of hydrogen-bond donors (Lipinski definition) is 1. The Balaban J connectivity index is 2.41. The first-order valence-electron chi connectivity index (χ1n) is 6.65. The van der Waals surface area contributed by atoms with Crippen LogP contribution in [0.1, 0.15) is 40.5 Å². The Morgan fingerprint density at radius 2 is 2.15 bits per heavy atom. The van der Waals surface area contributed by atoms with E-state index in [0.29, 0.717) is 0 Å². The summed E-state index contributed by atoms with van der Waals surface area (Å²) in [6.07, 6.45) is 1.04. The van der Waals surface area contributed by atoms with Gasteiger partial charge >= 0.3 is 0 Å². The number of nitrogens with one attached hydrogen (secondary N) is 1. The van der Waals surface area contributed by atoms with Crippen LogP contribution in [-0.4, -0.2) is 11.5 Å². The highest BCUT2D eigenvalue weighted by atomic mass is 79.9. The molecule has 1 aromatic carbocycles. The molecular weight excluding hydrogens is 339 g/mol. The van der Waals surface area contributed by atoms with Gasteiger partial charge in [-0.1, -0.05) is 28.9 Å². The fraction of sp³-hybridized carbons (Fsp3) is 0.400. The van der Waals surface area contributed by atoms with E-state index >= 15 is 0 Å². The second kappa shape index (κ2) is 6.78. The van der Waals surface area contributed by atoms with Crippen LogP contribution in [0.3, 0.4) is 0 Å². The van der Waals surface area contributed by atoms with Crippen molar-refractivity contribution in [1.82, 2.24) is 10.3 Å². The lowest BCUT2D eigenvalue weighted by atomic mass is 10.1. The molecule has 2 nitrogen and oxygen atoms in total. The minimum absolute atomic E-state index is 0.00215. The minimum Gasteiger partial charge on any atom is -0.304 e. The summed E-state index contributed by atoms with van der Waals surface area (Å²) in [5.74, 6) is -0.235. The summed E-state index contributed by atoms with van der Waals surface area (Å²) in [6.45, 7) is 7.12. The number of hydrogen-bond acceptors (Lipinski definition) is 3. The molecule has 108 valence electrons. The molecule has 0 saturated carbocycles. The van der Waals surface area contributed by atoms with Crippen molar-refractivity contribution in [3.63, 3.8) is 0 Å². The van der Waals surface area contributed by atoms with E-state index in [1.165, 1.54) is 17.0 Å². The van der Waals surface area contributed by atoms with Gasteiger partial charge in [0.1, 0.15) is 10.8 Å². The average Bonchev–Trinajstić information content (AvgIpc) is 2.72. The van der Waals surface area contributed by atoms with Crippen LogP contribution in [0.15, 0.2) is 22.7 Å². The average molecular weight is 357 g/mol. The van der Waals surface area contributed by atoms with Crippen molar-refractivity contribution in [2.24, 2.45) is 0 Å². The van der Waals surface area contributed by atoms with E-state index in [9.17, 15) is 4.39 Å². The number of aromatic nitrogens is 1. The molecule has 1 heterocycles. The van der Waals surface area contributed by atoms with Gasteiger partial charge in [-0.3, -0.25) is 0 Å². The molecule has 0 fully saturated rings. The van der Waals surface area contributed by atoms with E-state index in [4.69, 9.17) is 0 Å². The second-order valence-corrected chi connectivity index (χ2v) is 6.84. The van der Waals surface area contributed by atoms with Crippen molar-refractivity contribution in [3.8, 4) is 0 Å². The van der Waals surface area contributed by atoms with Crippen molar-refractivity contribution in [2.45, 2.75) is 33.2 Å². The van der Waals surface area contributed by atoms with E-state index < -0.39 is 0 Å². The predicted octanol–water partition coefficient (Wildman–Crippen LogP) is 4.75. The summed E-state index contributed by atoms with van der Waals surface area (Å²) in [7, 11) is 0. The molecule has 20 heavy (non-hydrogen) atoms. The highest BCUT2D eigenvalue weighted by Gasteiger charge is 2.20. The van der Waals surface area contributed by atoms with Crippen LogP contribution in [0.5, 0.6) is 0 Å². The van der Waals surface area contributed by atoms with Gasteiger partial charge in [0.15, 0.2) is 0 Å². The SMILES string of the molecule is CCCNC(c1nc(C)c(C)s1)c1ccc(F)cc1Br. The molecule has 1 atom stereocenters. The Bertz CT molecular complexity index is 578. The third kappa shape index (κ3) is 3.45. The van der Waals surface area contributed by atoms with Gasteiger partial charge in [-0.25, -0.2) is 9.37 Å². The standard InChI is InChI=1S/C15H18BrFN2S/c1-4-7-18-14(15-19-9(2)10(3)20-15)12-6-5-11(17)8-13(12)16/h5-6,8,14,18H,4,7H2,1-3H3. The predicted molar refractivity (Wildman–Crippen MR) is 85.8 cm³/mol. The maximum atomic E-state index is 13.3. The molecule has 0 amide bonds. The van der Waals surface area contributed by atoms with E-state index in [1.54, 1.807) is 11.3 Å². The Morgan fingerprint density at radius 1 is 1.40 bits per heavy atom. The Morgan fingerprint density at radius 3 is 2.70 bits per heavy atom. The van der Waals surface area contributed by atoms with Gasteiger partial charge in [0.05, 0.1) is 11.7 Å². The number of rotatable bonds is 5. The Hall–Kier alpha value is -0.780. The molecule has 5 heteroatoms. The molecule has 0 bridgehead atoms. The van der Waals surface area contributed by atoms with Crippen LogP contribution in [-0.2, 0) is 0 Å². The van der Waals surface area contributed by atoms with Crippen LogP contribution >= 0.6 is 27.3 Å². The molecule has 1 N–H and O–H groups in total. The second-order valence-electron chi connectivity index (χ2n) is 4.75. The smallest absolute Gasteiger partial charge is 0.124 e. The fourth-order valence-electron chi connectivity index (χ4n) is 1.98. The highest BCUT2D eigenvalue weighted by Crippen LogP contribution is 2.32. The molecule has 0 spiro atoms. The lowest BCUT2D eigenvalue weighted by Crippen LogP contribution is -2.23. The summed E-state index contributed by atoms with van der Waals surface area (Å²) >= 11 is 5.15. The van der Waals surface area contributed by atoms with Gasteiger partial charge in [-0.15, -0.1) is 11.3 Å². The third-order valence-corrected chi connectivity index (χ3v) is 4.99. The molecule has 0 radical (unpaired) electrons. The third-order valence-electron chi connectivity index (χ3n) is 3.16. The number of nitrogens with zero attached hydrogens (tertiary/aromatic N) is 1.